The second-order valence-corrected chi connectivity index (χ2v) is 5.34. The van der Waals surface area contributed by atoms with Crippen LogP contribution in [0.2, 0.25) is 0 Å². The highest BCUT2D eigenvalue weighted by molar-refractivity contribution is 5.69. The summed E-state index contributed by atoms with van der Waals surface area (Å²) in [6.45, 7) is 8.39. The number of aliphatic hydroxyl groups excluding tert-OH is 1. The fourth-order valence-corrected chi connectivity index (χ4v) is 2.70. The lowest BCUT2D eigenvalue weighted by atomic mass is 9.97. The Labute approximate surface area is 116 Å². The van der Waals surface area contributed by atoms with Crippen LogP contribution in [-0.2, 0) is 9.53 Å². The van der Waals surface area contributed by atoms with Crippen LogP contribution < -0.4 is 0 Å². The second-order valence-electron chi connectivity index (χ2n) is 5.34. The number of carbonyl (C=O) groups excluding carboxylic acids is 1. The van der Waals surface area contributed by atoms with Crippen LogP contribution >= 0.6 is 0 Å². The van der Waals surface area contributed by atoms with E-state index < -0.39 is 0 Å². The molecule has 3 nitrogen and oxygen atoms in total. The molecular weight excluding hydrogens is 240 g/mol. The first-order valence-electron chi connectivity index (χ1n) is 7.22. The molecule has 0 amide bonds. The van der Waals surface area contributed by atoms with Crippen molar-refractivity contribution in [3.8, 4) is 0 Å². The van der Waals surface area contributed by atoms with Crippen LogP contribution in [0.15, 0.2) is 25.3 Å². The summed E-state index contributed by atoms with van der Waals surface area (Å²) in [6, 6.07) is 0. The van der Waals surface area contributed by atoms with E-state index in [4.69, 9.17) is 9.84 Å². The maximum Gasteiger partial charge on any atom is 0.305 e. The smallest absolute Gasteiger partial charge is 0.305 e. The average molecular weight is 266 g/mol. The molecule has 0 aromatic heterocycles. The minimum atomic E-state index is -0.122. The van der Waals surface area contributed by atoms with Gasteiger partial charge in [-0.1, -0.05) is 18.6 Å². The molecule has 3 atom stereocenters. The molecule has 1 aliphatic rings. The lowest BCUT2D eigenvalue weighted by Crippen LogP contribution is -2.16. The van der Waals surface area contributed by atoms with Crippen LogP contribution in [0.5, 0.6) is 0 Å². The van der Waals surface area contributed by atoms with E-state index in [2.05, 4.69) is 13.2 Å². The number of carbonyl (C=O) groups is 1. The summed E-state index contributed by atoms with van der Waals surface area (Å²) in [5.41, 5.74) is 0. The Hall–Kier alpha value is -1.09. The van der Waals surface area contributed by atoms with Gasteiger partial charge >= 0.3 is 5.97 Å². The highest BCUT2D eigenvalue weighted by Crippen LogP contribution is 2.37. The average Bonchev–Trinajstić information content (AvgIpc) is 2.84. The zero-order chi connectivity index (χ0) is 14.1. The van der Waals surface area contributed by atoms with E-state index in [9.17, 15) is 4.79 Å². The summed E-state index contributed by atoms with van der Waals surface area (Å²) < 4.78 is 5.35. The third-order valence-corrected chi connectivity index (χ3v) is 3.92. The van der Waals surface area contributed by atoms with Gasteiger partial charge in [0.1, 0.15) is 0 Å². The van der Waals surface area contributed by atoms with Crippen molar-refractivity contribution >= 4 is 5.97 Å². The number of hydrogen-bond acceptors (Lipinski definition) is 3. The van der Waals surface area contributed by atoms with Crippen molar-refractivity contribution in [1.29, 1.82) is 0 Å². The van der Waals surface area contributed by atoms with E-state index in [-0.39, 0.29) is 12.6 Å². The van der Waals surface area contributed by atoms with Crippen molar-refractivity contribution in [3.63, 3.8) is 0 Å². The Balaban J connectivity index is 2.21. The molecule has 0 spiro atoms. The number of hydrogen-bond donors (Lipinski definition) is 1. The Morgan fingerprint density at radius 3 is 2.63 bits per heavy atom. The third-order valence-electron chi connectivity index (χ3n) is 3.92. The lowest BCUT2D eigenvalue weighted by molar-refractivity contribution is -0.145. The third kappa shape index (κ3) is 5.60. The molecule has 0 bridgehead atoms. The highest BCUT2D eigenvalue weighted by Gasteiger charge is 2.31. The van der Waals surface area contributed by atoms with Crippen LogP contribution in [0.3, 0.4) is 0 Å². The number of allylic oxidation sites excluding steroid dienone is 2. The van der Waals surface area contributed by atoms with Gasteiger partial charge in [-0.2, -0.15) is 0 Å². The summed E-state index contributed by atoms with van der Waals surface area (Å²) >= 11 is 0. The van der Waals surface area contributed by atoms with Crippen LogP contribution in [0.25, 0.3) is 0 Å². The van der Waals surface area contributed by atoms with Gasteiger partial charge in [-0.25, -0.2) is 0 Å². The van der Waals surface area contributed by atoms with E-state index in [0.717, 1.165) is 32.1 Å². The van der Waals surface area contributed by atoms with Crippen LogP contribution in [0, 0.1) is 17.8 Å². The highest BCUT2D eigenvalue weighted by atomic mass is 16.5. The van der Waals surface area contributed by atoms with Crippen molar-refractivity contribution in [3.05, 3.63) is 25.3 Å². The summed E-state index contributed by atoms with van der Waals surface area (Å²) in [7, 11) is 0. The monoisotopic (exact) mass is 266 g/mol. The SMILES string of the molecule is C=CC1CC(C=C)C(COC(=O)CCCCCO)C1. The quantitative estimate of drug-likeness (QED) is 0.396. The summed E-state index contributed by atoms with van der Waals surface area (Å²) in [5.74, 6) is 1.23. The van der Waals surface area contributed by atoms with Gasteiger partial charge in [-0.3, -0.25) is 4.79 Å². The van der Waals surface area contributed by atoms with E-state index in [1.807, 2.05) is 12.2 Å². The standard InChI is InChI=1S/C16H26O3/c1-3-13-10-14(4-2)15(11-13)12-19-16(18)8-6-5-7-9-17/h3-4,13-15,17H,1-2,5-12H2. The molecule has 108 valence electrons. The first kappa shape index (κ1) is 16.0. The Morgan fingerprint density at radius 1 is 1.21 bits per heavy atom. The van der Waals surface area contributed by atoms with E-state index >= 15 is 0 Å². The molecule has 1 aliphatic carbocycles. The van der Waals surface area contributed by atoms with Crippen molar-refractivity contribution in [2.75, 3.05) is 13.2 Å². The summed E-state index contributed by atoms with van der Waals surface area (Å²) in [5, 5.41) is 8.65. The zero-order valence-electron chi connectivity index (χ0n) is 11.7. The first-order valence-corrected chi connectivity index (χ1v) is 7.22. The molecule has 1 fully saturated rings. The molecule has 3 heteroatoms. The predicted octanol–water partition coefficient (Wildman–Crippen LogP) is 3.10. The van der Waals surface area contributed by atoms with Gasteiger partial charge in [-0.15, -0.1) is 13.2 Å². The van der Waals surface area contributed by atoms with Crippen molar-refractivity contribution < 1.29 is 14.6 Å². The molecule has 0 saturated heterocycles. The Morgan fingerprint density at radius 2 is 2.00 bits per heavy atom. The minimum absolute atomic E-state index is 0.122. The van der Waals surface area contributed by atoms with E-state index in [1.54, 1.807) is 0 Å². The lowest BCUT2D eigenvalue weighted by Gasteiger charge is -2.15. The molecule has 3 unspecified atom stereocenters. The first-order chi connectivity index (χ1) is 9.21. The van der Waals surface area contributed by atoms with Gasteiger partial charge in [-0.05, 0) is 43.4 Å². The predicted molar refractivity (Wildman–Crippen MR) is 76.6 cm³/mol. The minimum Gasteiger partial charge on any atom is -0.465 e. The maximum atomic E-state index is 11.6. The topological polar surface area (TPSA) is 46.5 Å². The molecular formula is C16H26O3. The van der Waals surface area contributed by atoms with Crippen molar-refractivity contribution in [2.45, 2.75) is 38.5 Å². The number of rotatable bonds is 9. The molecule has 0 aliphatic heterocycles. The van der Waals surface area contributed by atoms with Gasteiger partial charge in [0.25, 0.3) is 0 Å². The second kappa shape index (κ2) is 8.92. The van der Waals surface area contributed by atoms with Crippen molar-refractivity contribution in [1.82, 2.24) is 0 Å². The number of unbranched alkanes of at least 4 members (excludes halogenated alkanes) is 2. The van der Waals surface area contributed by atoms with Crippen molar-refractivity contribution in [2.24, 2.45) is 17.8 Å². The Kier molecular flexibility index (Phi) is 7.49. The number of ether oxygens (including phenoxy) is 1. The van der Waals surface area contributed by atoms with Crippen LogP contribution in [-0.4, -0.2) is 24.3 Å². The zero-order valence-corrected chi connectivity index (χ0v) is 11.7. The molecule has 1 rings (SSSR count). The maximum absolute atomic E-state index is 11.6. The van der Waals surface area contributed by atoms with Gasteiger partial charge in [0.15, 0.2) is 0 Å². The van der Waals surface area contributed by atoms with Crippen LogP contribution in [0.4, 0.5) is 0 Å². The normalized spacial score (nSPS) is 26.1. The summed E-state index contributed by atoms with van der Waals surface area (Å²) in [4.78, 5) is 11.6. The molecule has 1 saturated carbocycles. The summed E-state index contributed by atoms with van der Waals surface area (Å²) in [6.07, 6.45) is 8.97. The molecule has 19 heavy (non-hydrogen) atoms. The van der Waals surface area contributed by atoms with Gasteiger partial charge in [0, 0.05) is 13.0 Å². The number of aliphatic hydroxyl groups is 1. The Bertz CT molecular complexity index is 298. The largest absolute Gasteiger partial charge is 0.465 e. The van der Waals surface area contributed by atoms with Gasteiger partial charge < -0.3 is 9.84 Å². The fraction of sp³-hybridized carbons (Fsp3) is 0.688. The van der Waals surface area contributed by atoms with Crippen LogP contribution in [0.1, 0.15) is 38.5 Å². The molecule has 1 N–H and O–H groups in total. The van der Waals surface area contributed by atoms with E-state index in [1.165, 1.54) is 0 Å². The number of esters is 1. The molecule has 0 radical (unpaired) electrons. The fourth-order valence-electron chi connectivity index (χ4n) is 2.70. The molecule has 0 aromatic rings. The van der Waals surface area contributed by atoms with Gasteiger partial charge in [0.05, 0.1) is 6.61 Å². The molecule has 0 aromatic carbocycles. The van der Waals surface area contributed by atoms with E-state index in [0.29, 0.717) is 30.8 Å². The van der Waals surface area contributed by atoms with Gasteiger partial charge in [0.2, 0.25) is 0 Å². The molecule has 0 heterocycles.